The fourth-order valence-electron chi connectivity index (χ4n) is 4.55. The second kappa shape index (κ2) is 9.45. The maximum absolute atomic E-state index is 13.5. The van der Waals surface area contributed by atoms with Gasteiger partial charge in [0, 0.05) is 36.8 Å². The predicted molar refractivity (Wildman–Crippen MR) is 121 cm³/mol. The maximum atomic E-state index is 13.5. The number of alkyl halides is 4. The van der Waals surface area contributed by atoms with E-state index in [1.54, 1.807) is 0 Å². The van der Waals surface area contributed by atoms with Crippen LogP contribution in [0, 0.1) is 11.3 Å². The van der Waals surface area contributed by atoms with Gasteiger partial charge in [-0.2, -0.15) is 18.4 Å². The van der Waals surface area contributed by atoms with Crippen LogP contribution in [0.4, 0.5) is 28.0 Å². The summed E-state index contributed by atoms with van der Waals surface area (Å²) in [5.74, 6) is -1.00. The van der Waals surface area contributed by atoms with Crippen molar-refractivity contribution in [2.24, 2.45) is 0 Å². The minimum absolute atomic E-state index is 0.00813. The SMILES string of the molecule is CN1C(=O)N(c2cccc(C(F)(F)F)c2)C2=C(C(=O)CC2)C1c1ccc(C#N)cc1C(=O)NCCF. The first kappa shape index (κ1) is 24.9. The smallest absolute Gasteiger partial charge is 0.349 e. The second-order valence-corrected chi connectivity index (χ2v) is 8.32. The molecule has 2 aromatic carbocycles. The minimum Gasteiger partial charge on any atom is -0.349 e. The van der Waals surface area contributed by atoms with Crippen molar-refractivity contribution in [2.45, 2.75) is 25.1 Å². The van der Waals surface area contributed by atoms with Gasteiger partial charge in [-0.15, -0.1) is 0 Å². The number of likely N-dealkylation sites (N-methyl/N-ethyl adjacent to an activating group) is 1. The number of halogens is 4. The fourth-order valence-corrected chi connectivity index (χ4v) is 4.55. The summed E-state index contributed by atoms with van der Waals surface area (Å²) in [5, 5.41) is 11.7. The first-order valence-electron chi connectivity index (χ1n) is 11.0. The van der Waals surface area contributed by atoms with E-state index in [0.717, 1.165) is 17.0 Å². The summed E-state index contributed by atoms with van der Waals surface area (Å²) < 4.78 is 52.7. The maximum Gasteiger partial charge on any atom is 0.416 e. The zero-order valence-corrected chi connectivity index (χ0v) is 19.0. The third kappa shape index (κ3) is 4.30. The number of rotatable bonds is 5. The van der Waals surface area contributed by atoms with Crippen molar-refractivity contribution in [3.63, 3.8) is 0 Å². The Labute approximate surface area is 203 Å². The predicted octanol–water partition coefficient (Wildman–Crippen LogP) is 4.51. The van der Waals surface area contributed by atoms with Crippen molar-refractivity contribution in [1.29, 1.82) is 5.26 Å². The van der Waals surface area contributed by atoms with Gasteiger partial charge in [-0.05, 0) is 42.3 Å². The molecule has 0 radical (unpaired) electrons. The summed E-state index contributed by atoms with van der Waals surface area (Å²) in [7, 11) is 1.38. The average molecular weight is 500 g/mol. The Balaban J connectivity index is 1.88. The van der Waals surface area contributed by atoms with E-state index in [9.17, 15) is 37.2 Å². The molecule has 2 aromatic rings. The van der Waals surface area contributed by atoms with Gasteiger partial charge in [-0.1, -0.05) is 12.1 Å². The molecule has 0 saturated heterocycles. The summed E-state index contributed by atoms with van der Waals surface area (Å²) in [4.78, 5) is 41.6. The van der Waals surface area contributed by atoms with E-state index in [-0.39, 0.29) is 58.8 Å². The van der Waals surface area contributed by atoms with Crippen LogP contribution < -0.4 is 10.2 Å². The molecule has 11 heteroatoms. The Morgan fingerprint density at radius 3 is 2.58 bits per heavy atom. The highest BCUT2D eigenvalue weighted by Gasteiger charge is 2.45. The molecular weight excluding hydrogens is 480 g/mol. The molecule has 1 aliphatic heterocycles. The molecule has 1 heterocycles. The lowest BCUT2D eigenvalue weighted by atomic mass is 9.89. The molecule has 2 aliphatic rings. The number of ketones is 1. The molecular formula is C25H20F4N4O3. The molecule has 1 aliphatic carbocycles. The van der Waals surface area contributed by atoms with Gasteiger partial charge in [0.05, 0.1) is 28.9 Å². The van der Waals surface area contributed by atoms with Crippen molar-refractivity contribution in [3.05, 3.63) is 76.0 Å². The van der Waals surface area contributed by atoms with Gasteiger partial charge in [0.25, 0.3) is 5.91 Å². The zero-order chi connectivity index (χ0) is 26.2. The van der Waals surface area contributed by atoms with E-state index >= 15 is 0 Å². The highest BCUT2D eigenvalue weighted by atomic mass is 19.4. The highest BCUT2D eigenvalue weighted by Crippen LogP contribution is 2.45. The molecule has 1 atom stereocenters. The molecule has 0 aromatic heterocycles. The third-order valence-corrected chi connectivity index (χ3v) is 6.16. The normalized spacial score (nSPS) is 17.8. The molecule has 186 valence electrons. The molecule has 1 N–H and O–H groups in total. The van der Waals surface area contributed by atoms with Crippen LogP contribution in [0.25, 0.3) is 0 Å². The lowest BCUT2D eigenvalue weighted by Gasteiger charge is -2.41. The molecule has 36 heavy (non-hydrogen) atoms. The number of nitrogens with zero attached hydrogens (tertiary/aromatic N) is 3. The summed E-state index contributed by atoms with van der Waals surface area (Å²) in [6.45, 7) is -1.09. The number of amides is 3. The summed E-state index contributed by atoms with van der Waals surface area (Å²) >= 11 is 0. The molecule has 1 unspecified atom stereocenters. The monoisotopic (exact) mass is 500 g/mol. The number of carbonyl (C=O) groups is 3. The highest BCUT2D eigenvalue weighted by molar-refractivity contribution is 6.09. The van der Waals surface area contributed by atoms with Crippen LogP contribution in [0.1, 0.15) is 45.9 Å². The van der Waals surface area contributed by atoms with E-state index in [2.05, 4.69) is 5.32 Å². The molecule has 4 rings (SSSR count). The third-order valence-electron chi connectivity index (χ3n) is 6.16. The zero-order valence-electron chi connectivity index (χ0n) is 19.0. The van der Waals surface area contributed by atoms with E-state index in [0.29, 0.717) is 0 Å². The summed E-state index contributed by atoms with van der Waals surface area (Å²) in [6.07, 6.45) is -4.46. The molecule has 0 fully saturated rings. The van der Waals surface area contributed by atoms with Gasteiger partial charge in [-0.25, -0.2) is 9.18 Å². The number of anilines is 1. The Hall–Kier alpha value is -4.20. The van der Waals surface area contributed by atoms with Crippen LogP contribution in [0.5, 0.6) is 0 Å². The molecule has 7 nitrogen and oxygen atoms in total. The number of benzene rings is 2. The fraction of sp³-hybridized carbons (Fsp3) is 0.280. The lowest BCUT2D eigenvalue weighted by Crippen LogP contribution is -2.48. The van der Waals surface area contributed by atoms with Crippen molar-refractivity contribution in [3.8, 4) is 6.07 Å². The van der Waals surface area contributed by atoms with Crippen LogP contribution in [0.2, 0.25) is 0 Å². The number of allylic oxidation sites excluding steroid dienone is 1. The van der Waals surface area contributed by atoms with Gasteiger partial charge in [0.1, 0.15) is 6.67 Å². The van der Waals surface area contributed by atoms with Gasteiger partial charge in [0.15, 0.2) is 5.78 Å². The van der Waals surface area contributed by atoms with Gasteiger partial charge >= 0.3 is 12.2 Å². The molecule has 3 amide bonds. The standard InChI is InChI=1S/C25H20F4N4O3/c1-32-22(17-6-5-14(13-30)11-18(17)23(35)31-10-9-26)21-19(7-8-20(21)34)33(24(32)36)16-4-2-3-15(12-16)25(27,28)29/h2-6,11-12,22H,7-10H2,1H3,(H,31,35). The van der Waals surface area contributed by atoms with Crippen molar-refractivity contribution in [1.82, 2.24) is 10.2 Å². The quantitative estimate of drug-likeness (QED) is 0.612. The van der Waals surface area contributed by atoms with Crippen LogP contribution in [0.15, 0.2) is 53.7 Å². The van der Waals surface area contributed by atoms with Crippen molar-refractivity contribution < 1.29 is 31.9 Å². The Kier molecular flexibility index (Phi) is 6.54. The van der Waals surface area contributed by atoms with E-state index in [1.807, 2.05) is 6.07 Å². The Morgan fingerprint density at radius 2 is 1.92 bits per heavy atom. The number of hydrogen-bond acceptors (Lipinski definition) is 4. The van der Waals surface area contributed by atoms with Gasteiger partial charge in [-0.3, -0.25) is 14.5 Å². The largest absolute Gasteiger partial charge is 0.416 e. The number of hydrogen-bond donors (Lipinski definition) is 1. The minimum atomic E-state index is -4.63. The van der Waals surface area contributed by atoms with E-state index in [4.69, 9.17) is 0 Å². The van der Waals surface area contributed by atoms with E-state index in [1.165, 1.54) is 42.3 Å². The first-order valence-corrected chi connectivity index (χ1v) is 11.0. The van der Waals surface area contributed by atoms with E-state index < -0.39 is 36.4 Å². The molecule has 0 bridgehead atoms. The topological polar surface area (TPSA) is 93.5 Å². The first-order chi connectivity index (χ1) is 17.1. The van der Waals surface area contributed by atoms with Gasteiger partial charge in [0.2, 0.25) is 0 Å². The second-order valence-electron chi connectivity index (χ2n) is 8.32. The van der Waals surface area contributed by atoms with Gasteiger partial charge < -0.3 is 10.2 Å². The number of Topliss-reactive ketones (excluding diaryl/α,β-unsaturated/α-hetero) is 1. The van der Waals surface area contributed by atoms with Crippen molar-refractivity contribution >= 4 is 23.4 Å². The van der Waals surface area contributed by atoms with Crippen molar-refractivity contribution in [2.75, 3.05) is 25.2 Å². The molecule has 0 spiro atoms. The number of nitrogens with one attached hydrogen (secondary N) is 1. The van der Waals surface area contributed by atoms with Crippen LogP contribution in [0.3, 0.4) is 0 Å². The molecule has 0 saturated carbocycles. The number of nitriles is 1. The lowest BCUT2D eigenvalue weighted by molar-refractivity contribution is -0.137. The average Bonchev–Trinajstić information content (AvgIpc) is 3.23. The Bertz CT molecular complexity index is 1330. The Morgan fingerprint density at radius 1 is 1.17 bits per heavy atom. The van der Waals surface area contributed by atoms with Crippen LogP contribution >= 0.6 is 0 Å². The summed E-state index contributed by atoms with van der Waals surface area (Å²) in [6, 6.07) is 8.64. The van der Waals surface area contributed by atoms with Crippen LogP contribution in [-0.2, 0) is 11.0 Å². The number of carbonyl (C=O) groups excluding carboxylic acids is 3. The number of urea groups is 1. The summed E-state index contributed by atoms with van der Waals surface area (Å²) in [5.41, 5.74) is -0.165. The van der Waals surface area contributed by atoms with Crippen LogP contribution in [-0.4, -0.2) is 42.9 Å².